The molecule has 0 spiro atoms. The summed E-state index contributed by atoms with van der Waals surface area (Å²) >= 11 is 0. The summed E-state index contributed by atoms with van der Waals surface area (Å²) in [5.41, 5.74) is 0. The predicted octanol–water partition coefficient (Wildman–Crippen LogP) is 12.4. The van der Waals surface area contributed by atoms with Gasteiger partial charge in [-0.1, -0.05) is 171 Å². The molecule has 0 fully saturated rings. The second kappa shape index (κ2) is 39.6. The molecule has 0 aromatic heterocycles. The van der Waals surface area contributed by atoms with Crippen molar-refractivity contribution in [3.63, 3.8) is 0 Å². The molecular formula is C48H89N2O6P. The van der Waals surface area contributed by atoms with Crippen LogP contribution in [0, 0.1) is 0 Å². The number of unbranched alkanes of at least 4 members (excludes halogenated alkanes) is 20. The number of amides is 1. The highest BCUT2D eigenvalue weighted by molar-refractivity contribution is 7.45. The van der Waals surface area contributed by atoms with Gasteiger partial charge in [-0.2, -0.15) is 0 Å². The van der Waals surface area contributed by atoms with Crippen molar-refractivity contribution < 1.29 is 32.9 Å². The molecular weight excluding hydrogens is 732 g/mol. The van der Waals surface area contributed by atoms with Crippen LogP contribution in [0.2, 0.25) is 0 Å². The molecule has 57 heavy (non-hydrogen) atoms. The number of hydrogen-bond acceptors (Lipinski definition) is 6. The van der Waals surface area contributed by atoms with Crippen LogP contribution in [0.5, 0.6) is 0 Å². The zero-order valence-electron chi connectivity index (χ0n) is 37.5. The van der Waals surface area contributed by atoms with E-state index in [1.807, 2.05) is 27.2 Å². The van der Waals surface area contributed by atoms with Crippen LogP contribution in [0.4, 0.5) is 0 Å². The van der Waals surface area contributed by atoms with Crippen LogP contribution in [0.25, 0.3) is 0 Å². The molecule has 0 saturated carbocycles. The quantitative estimate of drug-likeness (QED) is 0.0275. The van der Waals surface area contributed by atoms with Crippen molar-refractivity contribution in [3.8, 4) is 0 Å². The van der Waals surface area contributed by atoms with Crippen LogP contribution in [-0.4, -0.2) is 68.5 Å². The first kappa shape index (κ1) is 55.2. The highest BCUT2D eigenvalue weighted by atomic mass is 31.2. The Morgan fingerprint density at radius 3 is 1.58 bits per heavy atom. The Labute approximate surface area is 351 Å². The van der Waals surface area contributed by atoms with Gasteiger partial charge in [0.2, 0.25) is 5.91 Å². The minimum absolute atomic E-state index is 0.0141. The Bertz CT molecular complexity index is 1110. The van der Waals surface area contributed by atoms with E-state index in [2.05, 4.69) is 67.8 Å². The first-order valence-corrected chi connectivity index (χ1v) is 24.6. The average molecular weight is 821 g/mol. The zero-order chi connectivity index (χ0) is 42.1. The number of aliphatic hydroxyl groups excluding tert-OH is 1. The van der Waals surface area contributed by atoms with Gasteiger partial charge in [-0.05, 0) is 70.6 Å². The van der Waals surface area contributed by atoms with Crippen molar-refractivity contribution in [2.24, 2.45) is 0 Å². The van der Waals surface area contributed by atoms with Gasteiger partial charge in [0.1, 0.15) is 13.2 Å². The van der Waals surface area contributed by atoms with E-state index in [0.29, 0.717) is 17.4 Å². The molecule has 0 aromatic carbocycles. The lowest BCUT2D eigenvalue weighted by atomic mass is 10.1. The van der Waals surface area contributed by atoms with Crippen LogP contribution >= 0.6 is 7.82 Å². The SMILES string of the molecule is CCCC/C=C\C/C=C\CCCCCCCC(=O)NC(COP(=O)([O-])OCC[N+](C)(C)C)C(O)/C=C/CC/C=C/CC/C=C/CCCCCCCCCCCCC. The smallest absolute Gasteiger partial charge is 0.268 e. The lowest BCUT2D eigenvalue weighted by Crippen LogP contribution is -2.45. The molecule has 0 aromatic rings. The molecule has 3 unspecified atom stereocenters. The summed E-state index contributed by atoms with van der Waals surface area (Å²) in [7, 11) is 1.22. The molecule has 3 atom stereocenters. The molecule has 0 bridgehead atoms. The van der Waals surface area contributed by atoms with E-state index in [9.17, 15) is 19.4 Å². The number of carbonyl (C=O) groups excluding carboxylic acids is 1. The highest BCUT2D eigenvalue weighted by Crippen LogP contribution is 2.38. The molecule has 0 aliphatic carbocycles. The molecule has 0 aliphatic heterocycles. The van der Waals surface area contributed by atoms with Crippen LogP contribution < -0.4 is 10.2 Å². The molecule has 0 aliphatic rings. The number of aliphatic hydroxyl groups is 1. The molecule has 0 heterocycles. The van der Waals surface area contributed by atoms with E-state index >= 15 is 0 Å². The number of phosphoric acid groups is 1. The molecule has 1 amide bonds. The summed E-state index contributed by atoms with van der Waals surface area (Å²) in [5, 5.41) is 13.8. The summed E-state index contributed by atoms with van der Waals surface area (Å²) in [6.07, 6.45) is 51.3. The largest absolute Gasteiger partial charge is 0.756 e. The first-order valence-electron chi connectivity index (χ1n) is 23.2. The number of likely N-dealkylation sites (N-methyl/N-ethyl adjacent to an activating group) is 1. The van der Waals surface area contributed by atoms with Gasteiger partial charge in [0.25, 0.3) is 7.82 Å². The molecule has 332 valence electrons. The molecule has 0 radical (unpaired) electrons. The second-order valence-corrected chi connectivity index (χ2v) is 18.1. The molecule has 9 heteroatoms. The fourth-order valence-corrected chi connectivity index (χ4v) is 6.92. The minimum Gasteiger partial charge on any atom is -0.756 e. The van der Waals surface area contributed by atoms with Crippen molar-refractivity contribution in [3.05, 3.63) is 60.8 Å². The average Bonchev–Trinajstić information content (AvgIpc) is 3.16. The van der Waals surface area contributed by atoms with E-state index in [1.165, 1.54) is 96.3 Å². The van der Waals surface area contributed by atoms with Crippen molar-refractivity contribution in [1.29, 1.82) is 0 Å². The molecule has 0 rings (SSSR count). The van der Waals surface area contributed by atoms with Crippen molar-refractivity contribution in [2.75, 3.05) is 40.9 Å². The Morgan fingerprint density at radius 1 is 0.614 bits per heavy atom. The normalized spacial score (nSPS) is 14.9. The number of quaternary nitrogens is 1. The number of nitrogens with one attached hydrogen (secondary N) is 1. The third-order valence-electron chi connectivity index (χ3n) is 9.93. The summed E-state index contributed by atoms with van der Waals surface area (Å²) in [4.78, 5) is 25.3. The summed E-state index contributed by atoms with van der Waals surface area (Å²) in [6.45, 7) is 4.55. The van der Waals surface area contributed by atoms with E-state index in [1.54, 1.807) is 6.08 Å². The van der Waals surface area contributed by atoms with Crippen LogP contribution in [0.3, 0.4) is 0 Å². The monoisotopic (exact) mass is 821 g/mol. The van der Waals surface area contributed by atoms with E-state index in [4.69, 9.17) is 9.05 Å². The first-order chi connectivity index (χ1) is 27.5. The van der Waals surface area contributed by atoms with Gasteiger partial charge in [0.05, 0.1) is 39.9 Å². The lowest BCUT2D eigenvalue weighted by Gasteiger charge is -2.29. The van der Waals surface area contributed by atoms with Crippen LogP contribution in [0.15, 0.2) is 60.8 Å². The van der Waals surface area contributed by atoms with Gasteiger partial charge in [-0.3, -0.25) is 9.36 Å². The van der Waals surface area contributed by atoms with Gasteiger partial charge < -0.3 is 28.8 Å². The number of rotatable bonds is 41. The maximum absolute atomic E-state index is 12.8. The van der Waals surface area contributed by atoms with Gasteiger partial charge in [-0.25, -0.2) is 0 Å². The number of phosphoric ester groups is 1. The minimum atomic E-state index is -4.61. The second-order valence-electron chi connectivity index (χ2n) is 16.7. The van der Waals surface area contributed by atoms with Crippen LogP contribution in [-0.2, 0) is 18.4 Å². The fourth-order valence-electron chi connectivity index (χ4n) is 6.20. The molecule has 2 N–H and O–H groups in total. The van der Waals surface area contributed by atoms with Gasteiger partial charge >= 0.3 is 0 Å². The maximum atomic E-state index is 12.8. The predicted molar refractivity (Wildman–Crippen MR) is 242 cm³/mol. The lowest BCUT2D eigenvalue weighted by molar-refractivity contribution is -0.870. The number of hydrogen-bond donors (Lipinski definition) is 2. The van der Waals surface area contributed by atoms with Gasteiger partial charge in [-0.15, -0.1) is 0 Å². The van der Waals surface area contributed by atoms with Crippen molar-refractivity contribution >= 4 is 13.7 Å². The third kappa shape index (κ3) is 42.1. The Balaban J connectivity index is 4.49. The highest BCUT2D eigenvalue weighted by Gasteiger charge is 2.23. The van der Waals surface area contributed by atoms with Crippen LogP contribution in [0.1, 0.15) is 187 Å². The Hall–Kier alpha value is -1.80. The summed E-state index contributed by atoms with van der Waals surface area (Å²) < 4.78 is 23.2. The van der Waals surface area contributed by atoms with E-state index in [-0.39, 0.29) is 12.5 Å². The maximum Gasteiger partial charge on any atom is 0.268 e. The van der Waals surface area contributed by atoms with E-state index in [0.717, 1.165) is 70.6 Å². The summed E-state index contributed by atoms with van der Waals surface area (Å²) in [6, 6.07) is -0.918. The molecule has 0 saturated heterocycles. The third-order valence-corrected chi connectivity index (χ3v) is 10.9. The fraction of sp³-hybridized carbons (Fsp3) is 0.771. The van der Waals surface area contributed by atoms with Gasteiger partial charge in [0.15, 0.2) is 0 Å². The zero-order valence-corrected chi connectivity index (χ0v) is 38.4. The number of allylic oxidation sites excluding steroid dienone is 9. The summed E-state index contributed by atoms with van der Waals surface area (Å²) in [5.74, 6) is -0.228. The standard InChI is InChI=1S/C48H89N2O6P/c1-6-8-10-12-14-16-18-20-22-23-24-25-26-27-28-29-31-33-35-37-39-41-47(51)46(45-56-57(53,54)55-44-43-50(3,4)5)49-48(52)42-40-38-36-34-32-30-21-19-17-15-13-11-9-7-2/h13,15,19,21,26-27,31,33,39,41,46-47,51H,6-12,14,16-18,20,22-25,28-30,32,34-38,40,42-45H2,1-5H3,(H-,49,52,53,54)/b15-13-,21-19-,27-26+,33-31+,41-39+. The van der Waals surface area contributed by atoms with E-state index < -0.39 is 26.6 Å². The Morgan fingerprint density at radius 2 is 1.05 bits per heavy atom. The topological polar surface area (TPSA) is 108 Å². The van der Waals surface area contributed by atoms with Crippen molar-refractivity contribution in [1.82, 2.24) is 5.32 Å². The Kier molecular flexibility index (Phi) is 38.4. The number of nitrogens with zero attached hydrogens (tertiary/aromatic N) is 1. The van der Waals surface area contributed by atoms with Gasteiger partial charge in [0, 0.05) is 6.42 Å². The molecule has 8 nitrogen and oxygen atoms in total. The van der Waals surface area contributed by atoms with Crippen molar-refractivity contribution in [2.45, 2.75) is 199 Å². The number of carbonyl (C=O) groups is 1.